The molecule has 0 aliphatic heterocycles. The zero-order valence-electron chi connectivity index (χ0n) is 12.0. The summed E-state index contributed by atoms with van der Waals surface area (Å²) in [5, 5.41) is 26.1. The maximum Gasteiger partial charge on any atom is 0.258 e. The molecular formula is C13H15N5O2S2. The molecule has 3 aromatic rings. The van der Waals surface area contributed by atoms with Crippen LogP contribution in [0, 0.1) is 0 Å². The van der Waals surface area contributed by atoms with Crippen LogP contribution in [-0.4, -0.2) is 30.0 Å². The Morgan fingerprint density at radius 3 is 3.05 bits per heavy atom. The third-order valence-electron chi connectivity index (χ3n) is 2.95. The number of hydrogen-bond donors (Lipinski definition) is 1. The molecule has 7 nitrogen and oxygen atoms in total. The van der Waals surface area contributed by atoms with E-state index in [4.69, 9.17) is 4.52 Å². The van der Waals surface area contributed by atoms with Gasteiger partial charge in [0.1, 0.15) is 6.61 Å². The number of rotatable bonds is 7. The van der Waals surface area contributed by atoms with Gasteiger partial charge in [-0.2, -0.15) is 16.3 Å². The molecule has 0 aromatic carbocycles. The first-order chi connectivity index (χ1) is 10.8. The number of nitrogens with zero attached hydrogens (tertiary/aromatic N) is 5. The molecule has 0 fully saturated rings. The standard InChI is InChI=1S/C13H15N5O2S2/c1-2-4-18-11(6-19)15-16-13(18)22-8-10-14-12(20-17-10)9-3-5-21-7-9/h3,5,7,19H,2,4,6,8H2,1H3. The monoisotopic (exact) mass is 337 g/mol. The lowest BCUT2D eigenvalue weighted by molar-refractivity contribution is 0.263. The second kappa shape index (κ2) is 7.03. The molecule has 3 heterocycles. The zero-order valence-corrected chi connectivity index (χ0v) is 13.6. The van der Waals surface area contributed by atoms with Gasteiger partial charge in [0.05, 0.1) is 11.3 Å². The van der Waals surface area contributed by atoms with Gasteiger partial charge in [-0.05, 0) is 17.9 Å². The lowest BCUT2D eigenvalue weighted by Crippen LogP contribution is -2.04. The van der Waals surface area contributed by atoms with Crippen LogP contribution in [0.25, 0.3) is 11.5 Å². The molecule has 0 atom stereocenters. The Morgan fingerprint density at radius 2 is 2.32 bits per heavy atom. The van der Waals surface area contributed by atoms with Gasteiger partial charge in [0.25, 0.3) is 5.89 Å². The molecule has 0 spiro atoms. The van der Waals surface area contributed by atoms with Crippen LogP contribution in [0.5, 0.6) is 0 Å². The summed E-state index contributed by atoms with van der Waals surface area (Å²) < 4.78 is 7.17. The molecule has 0 aliphatic carbocycles. The van der Waals surface area contributed by atoms with Gasteiger partial charge in [0.2, 0.25) is 0 Å². The highest BCUT2D eigenvalue weighted by Crippen LogP contribution is 2.24. The summed E-state index contributed by atoms with van der Waals surface area (Å²) in [6.45, 7) is 2.73. The highest BCUT2D eigenvalue weighted by Gasteiger charge is 2.14. The first-order valence-corrected chi connectivity index (χ1v) is 8.75. The fraction of sp³-hybridized carbons (Fsp3) is 0.385. The number of aliphatic hydroxyl groups excluding tert-OH is 1. The Labute approximate surface area is 135 Å². The Kier molecular flexibility index (Phi) is 4.86. The smallest absolute Gasteiger partial charge is 0.258 e. The van der Waals surface area contributed by atoms with Crippen LogP contribution in [0.1, 0.15) is 25.0 Å². The fourth-order valence-electron chi connectivity index (χ4n) is 1.94. The topological polar surface area (TPSA) is 89.9 Å². The average Bonchev–Trinajstić information content (AvgIpc) is 3.26. The Morgan fingerprint density at radius 1 is 1.41 bits per heavy atom. The molecule has 22 heavy (non-hydrogen) atoms. The maximum atomic E-state index is 9.28. The first kappa shape index (κ1) is 15.2. The predicted octanol–water partition coefficient (Wildman–Crippen LogP) is 2.58. The van der Waals surface area contributed by atoms with E-state index in [1.165, 1.54) is 11.8 Å². The minimum atomic E-state index is -0.113. The summed E-state index contributed by atoms with van der Waals surface area (Å²) in [6, 6.07) is 1.94. The minimum absolute atomic E-state index is 0.113. The lowest BCUT2D eigenvalue weighted by Gasteiger charge is -2.05. The fourth-order valence-corrected chi connectivity index (χ4v) is 3.39. The van der Waals surface area contributed by atoms with Crippen LogP contribution in [0.2, 0.25) is 0 Å². The van der Waals surface area contributed by atoms with Crippen molar-refractivity contribution < 1.29 is 9.63 Å². The van der Waals surface area contributed by atoms with Crippen molar-refractivity contribution in [3.8, 4) is 11.5 Å². The highest BCUT2D eigenvalue weighted by atomic mass is 32.2. The average molecular weight is 337 g/mol. The van der Waals surface area contributed by atoms with E-state index in [0.717, 1.165) is 23.7 Å². The van der Waals surface area contributed by atoms with Crippen molar-refractivity contribution in [2.24, 2.45) is 0 Å². The molecular weight excluding hydrogens is 322 g/mol. The molecule has 0 saturated carbocycles. The summed E-state index contributed by atoms with van der Waals surface area (Å²) >= 11 is 3.07. The number of thiophene rings is 1. The molecule has 1 N–H and O–H groups in total. The maximum absolute atomic E-state index is 9.28. The quantitative estimate of drug-likeness (QED) is 0.663. The van der Waals surface area contributed by atoms with Gasteiger partial charge in [-0.3, -0.25) is 0 Å². The van der Waals surface area contributed by atoms with Crippen molar-refractivity contribution in [1.29, 1.82) is 0 Å². The summed E-state index contributed by atoms with van der Waals surface area (Å²) in [5.74, 6) is 2.27. The first-order valence-electron chi connectivity index (χ1n) is 6.82. The lowest BCUT2D eigenvalue weighted by atomic mass is 10.3. The number of thioether (sulfide) groups is 1. The number of hydrogen-bond acceptors (Lipinski definition) is 8. The van der Waals surface area contributed by atoms with Crippen molar-refractivity contribution in [1.82, 2.24) is 24.9 Å². The van der Waals surface area contributed by atoms with Crippen LogP contribution < -0.4 is 0 Å². The van der Waals surface area contributed by atoms with E-state index in [2.05, 4.69) is 27.3 Å². The van der Waals surface area contributed by atoms with Crippen LogP contribution in [-0.2, 0) is 18.9 Å². The Hall–Kier alpha value is -1.71. The minimum Gasteiger partial charge on any atom is -0.388 e. The van der Waals surface area contributed by atoms with Crippen LogP contribution in [0.15, 0.2) is 26.5 Å². The van der Waals surface area contributed by atoms with Crippen LogP contribution >= 0.6 is 23.1 Å². The zero-order chi connectivity index (χ0) is 15.4. The van der Waals surface area contributed by atoms with E-state index in [1.807, 2.05) is 21.4 Å². The molecule has 0 amide bonds. The molecule has 3 aromatic heterocycles. The summed E-state index contributed by atoms with van der Waals surface area (Å²) in [5.41, 5.74) is 0.936. The van der Waals surface area contributed by atoms with Gasteiger partial charge < -0.3 is 14.2 Å². The van der Waals surface area contributed by atoms with Gasteiger partial charge in [-0.1, -0.05) is 23.8 Å². The van der Waals surface area contributed by atoms with Crippen molar-refractivity contribution in [2.75, 3.05) is 0 Å². The normalized spacial score (nSPS) is 11.2. The van der Waals surface area contributed by atoms with Gasteiger partial charge in [0.15, 0.2) is 16.8 Å². The second-order valence-electron chi connectivity index (χ2n) is 4.53. The van der Waals surface area contributed by atoms with Gasteiger partial charge in [-0.25, -0.2) is 0 Å². The molecule has 116 valence electrons. The van der Waals surface area contributed by atoms with Crippen molar-refractivity contribution in [3.05, 3.63) is 28.5 Å². The summed E-state index contributed by atoms with van der Waals surface area (Å²) in [7, 11) is 0. The van der Waals surface area contributed by atoms with E-state index < -0.39 is 0 Å². The predicted molar refractivity (Wildman–Crippen MR) is 83.4 cm³/mol. The van der Waals surface area contributed by atoms with Gasteiger partial charge in [-0.15, -0.1) is 10.2 Å². The Bertz CT molecular complexity index is 723. The molecule has 3 rings (SSSR count). The van der Waals surface area contributed by atoms with Crippen LogP contribution in [0.3, 0.4) is 0 Å². The van der Waals surface area contributed by atoms with Crippen molar-refractivity contribution in [2.45, 2.75) is 37.4 Å². The third-order valence-corrected chi connectivity index (χ3v) is 4.59. The highest BCUT2D eigenvalue weighted by molar-refractivity contribution is 7.98. The molecule has 0 radical (unpaired) electrons. The van der Waals surface area contributed by atoms with E-state index in [0.29, 0.717) is 23.3 Å². The molecule has 0 aliphatic rings. The molecule has 0 unspecified atom stereocenters. The van der Waals surface area contributed by atoms with Gasteiger partial charge in [0, 0.05) is 11.9 Å². The number of aromatic nitrogens is 5. The van der Waals surface area contributed by atoms with E-state index in [9.17, 15) is 5.11 Å². The van der Waals surface area contributed by atoms with E-state index >= 15 is 0 Å². The summed E-state index contributed by atoms with van der Waals surface area (Å²) in [6.07, 6.45) is 0.948. The van der Waals surface area contributed by atoms with E-state index in [1.54, 1.807) is 11.3 Å². The number of aliphatic hydroxyl groups is 1. The molecule has 0 bridgehead atoms. The third kappa shape index (κ3) is 3.21. The molecule has 0 saturated heterocycles. The Balaban J connectivity index is 1.69. The second-order valence-corrected chi connectivity index (χ2v) is 6.25. The van der Waals surface area contributed by atoms with Crippen LogP contribution in [0.4, 0.5) is 0 Å². The van der Waals surface area contributed by atoms with Crippen molar-refractivity contribution in [3.63, 3.8) is 0 Å². The molecule has 9 heteroatoms. The summed E-state index contributed by atoms with van der Waals surface area (Å²) in [4.78, 5) is 4.37. The SMILES string of the molecule is CCCn1c(CO)nnc1SCc1noc(-c2ccsc2)n1. The van der Waals surface area contributed by atoms with E-state index in [-0.39, 0.29) is 6.61 Å². The van der Waals surface area contributed by atoms with Crippen molar-refractivity contribution >= 4 is 23.1 Å². The van der Waals surface area contributed by atoms with Gasteiger partial charge >= 0.3 is 0 Å². The largest absolute Gasteiger partial charge is 0.388 e.